The molecule has 0 aromatic rings. The standard InChI is InChI=1S/C13H29N3/c1-4-11-6-5-7-12(10-11)13(15-14)8-9-16(2)3/h11-13,15H,4-10,14H2,1-3H3. The molecule has 3 atom stereocenters. The quantitative estimate of drug-likeness (QED) is 0.538. The summed E-state index contributed by atoms with van der Waals surface area (Å²) in [6.45, 7) is 3.44. The largest absolute Gasteiger partial charge is 0.309 e. The lowest BCUT2D eigenvalue weighted by Crippen LogP contribution is -2.44. The Kier molecular flexibility index (Phi) is 6.32. The maximum Gasteiger partial charge on any atom is 0.0251 e. The Hall–Kier alpha value is -0.120. The molecule has 3 heteroatoms. The first-order valence-electron chi connectivity index (χ1n) is 6.78. The van der Waals surface area contributed by atoms with Crippen molar-refractivity contribution in [1.82, 2.24) is 10.3 Å². The lowest BCUT2D eigenvalue weighted by atomic mass is 9.76. The summed E-state index contributed by atoms with van der Waals surface area (Å²) in [6, 6.07) is 0.511. The average Bonchev–Trinajstić information content (AvgIpc) is 2.30. The molecule has 1 aliphatic rings. The van der Waals surface area contributed by atoms with Crippen molar-refractivity contribution in [2.45, 2.75) is 51.5 Å². The summed E-state index contributed by atoms with van der Waals surface area (Å²) in [5.41, 5.74) is 3.05. The third-order valence-electron chi connectivity index (χ3n) is 4.07. The smallest absolute Gasteiger partial charge is 0.0251 e. The minimum absolute atomic E-state index is 0.511. The Balaban J connectivity index is 2.38. The summed E-state index contributed by atoms with van der Waals surface area (Å²) in [6.07, 6.45) is 8.06. The molecule has 3 nitrogen and oxygen atoms in total. The first kappa shape index (κ1) is 13.9. The molecule has 3 unspecified atom stereocenters. The molecule has 0 heterocycles. The fourth-order valence-corrected chi connectivity index (χ4v) is 2.92. The molecule has 0 aromatic heterocycles. The van der Waals surface area contributed by atoms with Crippen molar-refractivity contribution >= 4 is 0 Å². The van der Waals surface area contributed by atoms with E-state index in [4.69, 9.17) is 5.84 Å². The topological polar surface area (TPSA) is 41.3 Å². The normalized spacial score (nSPS) is 28.3. The van der Waals surface area contributed by atoms with Gasteiger partial charge in [0.05, 0.1) is 0 Å². The van der Waals surface area contributed by atoms with Crippen molar-refractivity contribution in [1.29, 1.82) is 0 Å². The molecule has 0 aromatic carbocycles. The van der Waals surface area contributed by atoms with Gasteiger partial charge in [-0.1, -0.05) is 26.2 Å². The van der Waals surface area contributed by atoms with Crippen molar-refractivity contribution in [2.24, 2.45) is 17.7 Å². The van der Waals surface area contributed by atoms with Crippen molar-refractivity contribution in [3.05, 3.63) is 0 Å². The van der Waals surface area contributed by atoms with Crippen molar-refractivity contribution in [3.63, 3.8) is 0 Å². The van der Waals surface area contributed by atoms with E-state index in [-0.39, 0.29) is 0 Å². The van der Waals surface area contributed by atoms with Gasteiger partial charge in [0.25, 0.3) is 0 Å². The number of nitrogens with one attached hydrogen (secondary N) is 1. The summed E-state index contributed by atoms with van der Waals surface area (Å²) < 4.78 is 0. The highest BCUT2D eigenvalue weighted by atomic mass is 15.2. The van der Waals surface area contributed by atoms with Crippen LogP contribution in [0, 0.1) is 11.8 Å². The zero-order valence-electron chi connectivity index (χ0n) is 11.2. The highest BCUT2D eigenvalue weighted by Crippen LogP contribution is 2.33. The van der Waals surface area contributed by atoms with Crippen LogP contribution in [0.1, 0.15) is 45.4 Å². The van der Waals surface area contributed by atoms with Crippen molar-refractivity contribution in [2.75, 3.05) is 20.6 Å². The summed E-state index contributed by atoms with van der Waals surface area (Å²) in [5, 5.41) is 0. The maximum atomic E-state index is 5.71. The molecule has 0 aliphatic heterocycles. The third-order valence-corrected chi connectivity index (χ3v) is 4.07. The Morgan fingerprint density at radius 2 is 2.12 bits per heavy atom. The van der Waals surface area contributed by atoms with Gasteiger partial charge in [-0.2, -0.15) is 0 Å². The van der Waals surface area contributed by atoms with Gasteiger partial charge in [0, 0.05) is 6.04 Å². The van der Waals surface area contributed by atoms with E-state index in [9.17, 15) is 0 Å². The third kappa shape index (κ3) is 4.40. The number of hydrazine groups is 1. The van der Waals surface area contributed by atoms with E-state index >= 15 is 0 Å². The summed E-state index contributed by atoms with van der Waals surface area (Å²) in [7, 11) is 4.26. The average molecular weight is 227 g/mol. The molecule has 0 bridgehead atoms. The molecule has 0 spiro atoms. The fraction of sp³-hybridized carbons (Fsp3) is 1.00. The summed E-state index contributed by atoms with van der Waals surface area (Å²) in [4.78, 5) is 2.24. The Labute approximate surface area is 101 Å². The van der Waals surface area contributed by atoms with Gasteiger partial charge >= 0.3 is 0 Å². The second kappa shape index (κ2) is 7.25. The molecular weight excluding hydrogens is 198 g/mol. The van der Waals surface area contributed by atoms with E-state index in [1.54, 1.807) is 0 Å². The van der Waals surface area contributed by atoms with Gasteiger partial charge in [0.2, 0.25) is 0 Å². The van der Waals surface area contributed by atoms with Crippen LogP contribution in [-0.2, 0) is 0 Å². The summed E-state index contributed by atoms with van der Waals surface area (Å²) >= 11 is 0. The number of hydrogen-bond acceptors (Lipinski definition) is 3. The molecule has 1 saturated carbocycles. The first-order chi connectivity index (χ1) is 7.67. The highest BCUT2D eigenvalue weighted by Gasteiger charge is 2.26. The molecule has 1 fully saturated rings. The van der Waals surface area contributed by atoms with Crippen LogP contribution in [0.25, 0.3) is 0 Å². The Bertz CT molecular complexity index is 182. The fourth-order valence-electron chi connectivity index (χ4n) is 2.92. The molecule has 1 aliphatic carbocycles. The van der Waals surface area contributed by atoms with Crippen molar-refractivity contribution < 1.29 is 0 Å². The van der Waals surface area contributed by atoms with E-state index in [1.807, 2.05) is 0 Å². The molecule has 16 heavy (non-hydrogen) atoms. The minimum Gasteiger partial charge on any atom is -0.309 e. The van der Waals surface area contributed by atoms with E-state index in [0.29, 0.717) is 6.04 Å². The van der Waals surface area contributed by atoms with Crippen LogP contribution in [0.5, 0.6) is 0 Å². The molecule has 3 N–H and O–H groups in total. The minimum atomic E-state index is 0.511. The van der Waals surface area contributed by atoms with E-state index in [1.165, 1.54) is 38.5 Å². The van der Waals surface area contributed by atoms with Gasteiger partial charge in [-0.25, -0.2) is 0 Å². The molecular formula is C13H29N3. The van der Waals surface area contributed by atoms with Crippen LogP contribution in [0.15, 0.2) is 0 Å². The predicted octanol–water partition coefficient (Wildman–Crippen LogP) is 1.99. The van der Waals surface area contributed by atoms with Gasteiger partial charge in [-0.3, -0.25) is 11.3 Å². The van der Waals surface area contributed by atoms with Crippen molar-refractivity contribution in [3.8, 4) is 0 Å². The van der Waals surface area contributed by atoms with E-state index in [0.717, 1.165) is 18.4 Å². The monoisotopic (exact) mass is 227 g/mol. The number of rotatable bonds is 6. The van der Waals surface area contributed by atoms with Crippen LogP contribution in [0.2, 0.25) is 0 Å². The zero-order valence-corrected chi connectivity index (χ0v) is 11.2. The van der Waals surface area contributed by atoms with Gasteiger partial charge in [0.1, 0.15) is 0 Å². The van der Waals surface area contributed by atoms with Crippen LogP contribution in [0.3, 0.4) is 0 Å². The second-order valence-electron chi connectivity index (χ2n) is 5.57. The van der Waals surface area contributed by atoms with Gasteiger partial charge in [0.15, 0.2) is 0 Å². The summed E-state index contributed by atoms with van der Waals surface area (Å²) in [5.74, 6) is 7.44. The molecule has 0 saturated heterocycles. The molecule has 0 radical (unpaired) electrons. The Morgan fingerprint density at radius 3 is 2.69 bits per heavy atom. The SMILES string of the molecule is CCC1CCCC(C(CCN(C)C)NN)C1. The number of nitrogens with zero attached hydrogens (tertiary/aromatic N) is 1. The van der Waals surface area contributed by atoms with Crippen LogP contribution in [-0.4, -0.2) is 31.6 Å². The lowest BCUT2D eigenvalue weighted by molar-refractivity contribution is 0.193. The molecule has 1 rings (SSSR count). The lowest BCUT2D eigenvalue weighted by Gasteiger charge is -2.34. The molecule has 0 amide bonds. The van der Waals surface area contributed by atoms with Crippen LogP contribution >= 0.6 is 0 Å². The van der Waals surface area contributed by atoms with Gasteiger partial charge in [-0.15, -0.1) is 0 Å². The maximum absolute atomic E-state index is 5.71. The van der Waals surface area contributed by atoms with Crippen LogP contribution in [0.4, 0.5) is 0 Å². The Morgan fingerprint density at radius 1 is 1.38 bits per heavy atom. The highest BCUT2D eigenvalue weighted by molar-refractivity contribution is 4.81. The van der Waals surface area contributed by atoms with Gasteiger partial charge in [-0.05, 0) is 51.7 Å². The zero-order chi connectivity index (χ0) is 12.0. The van der Waals surface area contributed by atoms with Gasteiger partial charge < -0.3 is 4.90 Å². The van der Waals surface area contributed by atoms with E-state index < -0.39 is 0 Å². The predicted molar refractivity (Wildman–Crippen MR) is 70.0 cm³/mol. The number of nitrogens with two attached hydrogens (primary N) is 1. The number of hydrogen-bond donors (Lipinski definition) is 2. The van der Waals surface area contributed by atoms with E-state index in [2.05, 4.69) is 31.3 Å². The molecule has 96 valence electrons. The first-order valence-corrected chi connectivity index (χ1v) is 6.78. The second-order valence-corrected chi connectivity index (χ2v) is 5.57. The van der Waals surface area contributed by atoms with Crippen LogP contribution < -0.4 is 11.3 Å².